The SMILES string of the molecule is CNCc1c(C)nn(-c2ccc(C(C)C)cc2)c1C. The molecule has 0 spiro atoms. The van der Waals surface area contributed by atoms with Crippen LogP contribution in [0.4, 0.5) is 0 Å². The standard InChI is InChI=1S/C16H23N3/c1-11(2)14-6-8-15(9-7-14)19-13(4)16(10-17-5)12(3)18-19/h6-9,11,17H,10H2,1-5H3. The van der Waals surface area contributed by atoms with Crippen LogP contribution in [0.15, 0.2) is 24.3 Å². The second kappa shape index (κ2) is 5.57. The van der Waals surface area contributed by atoms with E-state index >= 15 is 0 Å². The Morgan fingerprint density at radius 2 is 1.79 bits per heavy atom. The first-order chi connectivity index (χ1) is 9.04. The molecule has 3 nitrogen and oxygen atoms in total. The Hall–Kier alpha value is -1.61. The maximum atomic E-state index is 4.65. The lowest BCUT2D eigenvalue weighted by molar-refractivity contribution is 0.800. The van der Waals surface area contributed by atoms with E-state index in [1.54, 1.807) is 0 Å². The van der Waals surface area contributed by atoms with Gasteiger partial charge in [0.25, 0.3) is 0 Å². The van der Waals surface area contributed by atoms with Gasteiger partial charge in [-0.1, -0.05) is 26.0 Å². The molecule has 0 aliphatic rings. The maximum Gasteiger partial charge on any atom is 0.0649 e. The molecule has 2 aromatic rings. The summed E-state index contributed by atoms with van der Waals surface area (Å²) < 4.78 is 2.03. The third-order valence-corrected chi connectivity index (χ3v) is 3.60. The van der Waals surface area contributed by atoms with Gasteiger partial charge in [0, 0.05) is 17.8 Å². The predicted octanol–water partition coefficient (Wildman–Crippen LogP) is 3.33. The third-order valence-electron chi connectivity index (χ3n) is 3.60. The summed E-state index contributed by atoms with van der Waals surface area (Å²) in [5, 5.41) is 7.85. The maximum absolute atomic E-state index is 4.65. The molecule has 1 heterocycles. The first-order valence-corrected chi connectivity index (χ1v) is 6.84. The van der Waals surface area contributed by atoms with Crippen LogP contribution in [0.1, 0.15) is 42.3 Å². The molecule has 0 atom stereocenters. The smallest absolute Gasteiger partial charge is 0.0649 e. The zero-order valence-electron chi connectivity index (χ0n) is 12.5. The Morgan fingerprint density at radius 3 is 2.32 bits per heavy atom. The number of hydrogen-bond donors (Lipinski definition) is 1. The molecule has 2 rings (SSSR count). The summed E-state index contributed by atoms with van der Waals surface area (Å²) in [6.45, 7) is 9.48. The molecule has 1 aromatic heterocycles. The fraction of sp³-hybridized carbons (Fsp3) is 0.438. The minimum atomic E-state index is 0.564. The van der Waals surface area contributed by atoms with Crippen molar-refractivity contribution in [3.8, 4) is 5.69 Å². The van der Waals surface area contributed by atoms with Crippen LogP contribution in [0.5, 0.6) is 0 Å². The molecule has 0 aliphatic carbocycles. The summed E-state index contributed by atoms with van der Waals surface area (Å²) in [4.78, 5) is 0. The lowest BCUT2D eigenvalue weighted by Gasteiger charge is -2.09. The minimum Gasteiger partial charge on any atom is -0.316 e. The molecule has 0 saturated carbocycles. The normalized spacial score (nSPS) is 11.3. The molecule has 102 valence electrons. The predicted molar refractivity (Wildman–Crippen MR) is 79.9 cm³/mol. The van der Waals surface area contributed by atoms with Crippen molar-refractivity contribution >= 4 is 0 Å². The van der Waals surface area contributed by atoms with Crippen molar-refractivity contribution < 1.29 is 0 Å². The van der Waals surface area contributed by atoms with Crippen LogP contribution in [-0.2, 0) is 6.54 Å². The van der Waals surface area contributed by atoms with Crippen LogP contribution in [0.2, 0.25) is 0 Å². The summed E-state index contributed by atoms with van der Waals surface area (Å²) in [7, 11) is 1.97. The summed E-state index contributed by atoms with van der Waals surface area (Å²) in [5.74, 6) is 0.564. The molecule has 0 bridgehead atoms. The summed E-state index contributed by atoms with van der Waals surface area (Å²) in [6.07, 6.45) is 0. The van der Waals surface area contributed by atoms with Crippen molar-refractivity contribution in [2.75, 3.05) is 7.05 Å². The van der Waals surface area contributed by atoms with Crippen LogP contribution >= 0.6 is 0 Å². The number of nitrogens with one attached hydrogen (secondary N) is 1. The quantitative estimate of drug-likeness (QED) is 0.910. The Bertz CT molecular complexity index is 550. The van der Waals surface area contributed by atoms with Gasteiger partial charge in [-0.25, -0.2) is 4.68 Å². The minimum absolute atomic E-state index is 0.564. The fourth-order valence-electron chi connectivity index (χ4n) is 2.36. The molecule has 1 aromatic carbocycles. The van der Waals surface area contributed by atoms with Crippen LogP contribution in [-0.4, -0.2) is 16.8 Å². The number of benzene rings is 1. The lowest BCUT2D eigenvalue weighted by atomic mass is 10.0. The average molecular weight is 257 g/mol. The molecule has 0 unspecified atom stereocenters. The van der Waals surface area contributed by atoms with Crippen LogP contribution in [0.3, 0.4) is 0 Å². The van der Waals surface area contributed by atoms with Gasteiger partial charge in [-0.3, -0.25) is 0 Å². The van der Waals surface area contributed by atoms with Crippen molar-refractivity contribution in [1.29, 1.82) is 0 Å². The van der Waals surface area contributed by atoms with E-state index in [-0.39, 0.29) is 0 Å². The van der Waals surface area contributed by atoms with Crippen LogP contribution < -0.4 is 5.32 Å². The molecule has 0 amide bonds. The zero-order chi connectivity index (χ0) is 14.0. The highest BCUT2D eigenvalue weighted by Crippen LogP contribution is 2.20. The van der Waals surface area contributed by atoms with Crippen LogP contribution in [0, 0.1) is 13.8 Å². The van der Waals surface area contributed by atoms with Gasteiger partial charge in [-0.15, -0.1) is 0 Å². The van der Waals surface area contributed by atoms with Crippen LogP contribution in [0.25, 0.3) is 5.69 Å². The van der Waals surface area contributed by atoms with Crippen molar-refractivity contribution in [2.24, 2.45) is 0 Å². The van der Waals surface area contributed by atoms with E-state index in [1.165, 1.54) is 16.8 Å². The van der Waals surface area contributed by atoms with Gasteiger partial charge in [-0.05, 0) is 44.5 Å². The van der Waals surface area contributed by atoms with Crippen molar-refractivity contribution in [2.45, 2.75) is 40.2 Å². The van der Waals surface area contributed by atoms with Gasteiger partial charge >= 0.3 is 0 Å². The summed E-state index contributed by atoms with van der Waals surface area (Å²) in [6, 6.07) is 8.68. The number of rotatable bonds is 4. The Kier molecular flexibility index (Phi) is 4.05. The largest absolute Gasteiger partial charge is 0.316 e. The highest BCUT2D eigenvalue weighted by Gasteiger charge is 2.12. The lowest BCUT2D eigenvalue weighted by Crippen LogP contribution is -2.07. The number of hydrogen-bond acceptors (Lipinski definition) is 2. The number of aromatic nitrogens is 2. The van der Waals surface area contributed by atoms with Crippen molar-refractivity contribution in [3.63, 3.8) is 0 Å². The Labute approximate surface area is 115 Å². The molecule has 1 N–H and O–H groups in total. The average Bonchev–Trinajstić information content (AvgIpc) is 2.67. The van der Waals surface area contributed by atoms with Gasteiger partial charge < -0.3 is 5.32 Å². The summed E-state index contributed by atoms with van der Waals surface area (Å²) in [5.41, 5.74) is 6.09. The van der Waals surface area contributed by atoms with Gasteiger partial charge in [0.15, 0.2) is 0 Å². The Balaban J connectivity index is 2.39. The van der Waals surface area contributed by atoms with E-state index in [9.17, 15) is 0 Å². The van der Waals surface area contributed by atoms with E-state index in [1.807, 2.05) is 11.7 Å². The first kappa shape index (κ1) is 13.8. The molecule has 3 heteroatoms. The topological polar surface area (TPSA) is 29.9 Å². The van der Waals surface area contributed by atoms with Gasteiger partial charge in [0.1, 0.15) is 0 Å². The van der Waals surface area contributed by atoms with Crippen molar-refractivity contribution in [3.05, 3.63) is 46.8 Å². The molecular formula is C16H23N3. The van der Waals surface area contributed by atoms with E-state index in [0.29, 0.717) is 5.92 Å². The molecule has 19 heavy (non-hydrogen) atoms. The summed E-state index contributed by atoms with van der Waals surface area (Å²) >= 11 is 0. The molecular weight excluding hydrogens is 234 g/mol. The third kappa shape index (κ3) is 2.71. The first-order valence-electron chi connectivity index (χ1n) is 6.84. The van der Waals surface area contributed by atoms with Gasteiger partial charge in [0.05, 0.1) is 11.4 Å². The number of aryl methyl sites for hydroxylation is 1. The molecule has 0 aliphatic heterocycles. The molecule has 0 fully saturated rings. The molecule has 0 saturated heterocycles. The van der Waals surface area contributed by atoms with Gasteiger partial charge in [0.2, 0.25) is 0 Å². The van der Waals surface area contributed by atoms with Crippen molar-refractivity contribution in [1.82, 2.24) is 15.1 Å². The number of nitrogens with zero attached hydrogens (tertiary/aromatic N) is 2. The van der Waals surface area contributed by atoms with Gasteiger partial charge in [-0.2, -0.15) is 5.10 Å². The zero-order valence-corrected chi connectivity index (χ0v) is 12.5. The van der Waals surface area contributed by atoms with E-state index in [0.717, 1.165) is 17.9 Å². The molecule has 0 radical (unpaired) electrons. The monoisotopic (exact) mass is 257 g/mol. The highest BCUT2D eigenvalue weighted by molar-refractivity contribution is 5.39. The van der Waals surface area contributed by atoms with E-state index < -0.39 is 0 Å². The van der Waals surface area contributed by atoms with E-state index in [4.69, 9.17) is 0 Å². The Morgan fingerprint density at radius 1 is 1.16 bits per heavy atom. The second-order valence-corrected chi connectivity index (χ2v) is 5.34. The highest BCUT2D eigenvalue weighted by atomic mass is 15.3. The van der Waals surface area contributed by atoms with E-state index in [2.05, 4.69) is 62.4 Å². The second-order valence-electron chi connectivity index (χ2n) is 5.34. The fourth-order valence-corrected chi connectivity index (χ4v) is 2.36.